The van der Waals surface area contributed by atoms with Crippen molar-refractivity contribution in [1.29, 1.82) is 0 Å². The van der Waals surface area contributed by atoms with Crippen LogP contribution in [-0.4, -0.2) is 18.2 Å². The van der Waals surface area contributed by atoms with Crippen LogP contribution in [-0.2, 0) is 0 Å². The second-order valence-corrected chi connectivity index (χ2v) is 4.07. The van der Waals surface area contributed by atoms with Gasteiger partial charge in [-0.1, -0.05) is 0 Å². The molecule has 1 aromatic carbocycles. The molecule has 3 N–H and O–H groups in total. The van der Waals surface area contributed by atoms with E-state index in [0.29, 0.717) is 17.0 Å². The zero-order chi connectivity index (χ0) is 13.8. The molecule has 0 aliphatic carbocycles. The third-order valence-electron chi connectivity index (χ3n) is 2.61. The number of nitrogens with one attached hydrogen (secondary N) is 1. The van der Waals surface area contributed by atoms with E-state index < -0.39 is 0 Å². The van der Waals surface area contributed by atoms with Crippen LogP contribution in [0.2, 0.25) is 0 Å². The Kier molecular flexibility index (Phi) is 3.77. The molecule has 2 aromatic rings. The van der Waals surface area contributed by atoms with Crippen molar-refractivity contribution in [3.8, 4) is 0 Å². The smallest absolute Gasteiger partial charge is 0.291 e. The van der Waals surface area contributed by atoms with Crippen LogP contribution in [0.5, 0.6) is 0 Å². The maximum atomic E-state index is 11.8. The molecule has 2 rings (SSSR count). The highest BCUT2D eigenvalue weighted by Gasteiger charge is 2.10. The fourth-order valence-corrected chi connectivity index (χ4v) is 1.61. The van der Waals surface area contributed by atoms with Crippen LogP contribution in [0.15, 0.2) is 40.8 Å². The highest BCUT2D eigenvalue weighted by Crippen LogP contribution is 2.13. The summed E-state index contributed by atoms with van der Waals surface area (Å²) in [6.07, 6.45) is 0. The average molecular weight is 258 g/mol. The van der Waals surface area contributed by atoms with Gasteiger partial charge in [0.05, 0.1) is 6.54 Å². The lowest BCUT2D eigenvalue weighted by molar-refractivity contribution is 0.0991. The normalized spacial score (nSPS) is 10.2. The number of Topliss-reactive ketones (excluding diaryl/α,β-unsaturated/α-hetero) is 1. The van der Waals surface area contributed by atoms with Gasteiger partial charge in [-0.25, -0.2) is 0 Å². The molecule has 0 fully saturated rings. The van der Waals surface area contributed by atoms with Crippen molar-refractivity contribution in [3.63, 3.8) is 0 Å². The first-order valence-electron chi connectivity index (χ1n) is 5.81. The molecule has 0 spiro atoms. The summed E-state index contributed by atoms with van der Waals surface area (Å²) in [7, 11) is 0. The lowest BCUT2D eigenvalue weighted by Gasteiger charge is -2.04. The predicted octanol–water partition coefficient (Wildman–Crippen LogP) is 1.98. The van der Waals surface area contributed by atoms with Crippen molar-refractivity contribution in [1.82, 2.24) is 0 Å². The summed E-state index contributed by atoms with van der Waals surface area (Å²) in [4.78, 5) is 23.2. The Labute approximate surface area is 110 Å². The highest BCUT2D eigenvalue weighted by molar-refractivity contribution is 6.03. The van der Waals surface area contributed by atoms with E-state index in [1.165, 1.54) is 0 Å². The molecule has 5 heteroatoms. The number of furan rings is 1. The van der Waals surface area contributed by atoms with Crippen LogP contribution in [0, 0.1) is 6.92 Å². The number of carbonyl (C=O) groups excluding carboxylic acids is 2. The Morgan fingerprint density at radius 1 is 1.16 bits per heavy atom. The summed E-state index contributed by atoms with van der Waals surface area (Å²) < 4.78 is 5.21. The fourth-order valence-electron chi connectivity index (χ4n) is 1.61. The van der Waals surface area contributed by atoms with Gasteiger partial charge in [-0.2, -0.15) is 0 Å². The van der Waals surface area contributed by atoms with Gasteiger partial charge in [0.1, 0.15) is 5.76 Å². The maximum Gasteiger partial charge on any atom is 0.291 e. The number of hydrogen-bond donors (Lipinski definition) is 2. The molecule has 0 saturated carbocycles. The molecule has 0 radical (unpaired) electrons. The third kappa shape index (κ3) is 3.08. The van der Waals surface area contributed by atoms with Crippen LogP contribution in [0.3, 0.4) is 0 Å². The second-order valence-electron chi connectivity index (χ2n) is 4.07. The topological polar surface area (TPSA) is 85.3 Å². The number of nitrogens with two attached hydrogens (primary N) is 1. The van der Waals surface area contributed by atoms with Crippen molar-refractivity contribution in [2.75, 3.05) is 11.9 Å². The monoisotopic (exact) mass is 258 g/mol. The first-order chi connectivity index (χ1) is 9.10. The summed E-state index contributed by atoms with van der Waals surface area (Å²) in [6.45, 7) is 1.74. The third-order valence-corrected chi connectivity index (χ3v) is 2.61. The average Bonchev–Trinajstić information content (AvgIpc) is 2.85. The zero-order valence-corrected chi connectivity index (χ0v) is 10.5. The minimum Gasteiger partial charge on any atom is -0.456 e. The number of aryl methyl sites for hydroxylation is 1. The number of carbonyl (C=O) groups is 2. The molecular weight excluding hydrogens is 244 g/mol. The number of rotatable bonds is 4. The first kappa shape index (κ1) is 13.0. The Hall–Kier alpha value is -2.40. The molecule has 0 saturated heterocycles. The largest absolute Gasteiger partial charge is 0.456 e. The zero-order valence-electron chi connectivity index (χ0n) is 10.5. The van der Waals surface area contributed by atoms with Gasteiger partial charge in [0.25, 0.3) is 5.91 Å². The first-order valence-corrected chi connectivity index (χ1v) is 5.81. The van der Waals surface area contributed by atoms with E-state index in [9.17, 15) is 9.59 Å². The molecule has 1 aromatic heterocycles. The van der Waals surface area contributed by atoms with E-state index in [4.69, 9.17) is 10.2 Å². The Bertz CT molecular complexity index is 599. The van der Waals surface area contributed by atoms with Crippen LogP contribution < -0.4 is 11.1 Å². The minimum absolute atomic E-state index is 0.0304. The summed E-state index contributed by atoms with van der Waals surface area (Å²) in [5, 5.41) is 2.68. The molecule has 1 amide bonds. The van der Waals surface area contributed by atoms with Gasteiger partial charge >= 0.3 is 0 Å². The SMILES string of the molecule is Cc1ccc(C(=O)Nc2ccc(C(=O)CN)cc2)o1. The van der Waals surface area contributed by atoms with Gasteiger partial charge in [-0.05, 0) is 43.3 Å². The van der Waals surface area contributed by atoms with E-state index in [1.807, 2.05) is 0 Å². The van der Waals surface area contributed by atoms with Gasteiger partial charge in [-0.3, -0.25) is 9.59 Å². The van der Waals surface area contributed by atoms with E-state index in [0.717, 1.165) is 0 Å². The van der Waals surface area contributed by atoms with Crippen LogP contribution in [0.4, 0.5) is 5.69 Å². The van der Waals surface area contributed by atoms with Gasteiger partial charge in [-0.15, -0.1) is 0 Å². The number of benzene rings is 1. The van der Waals surface area contributed by atoms with E-state index >= 15 is 0 Å². The van der Waals surface area contributed by atoms with Crippen molar-refractivity contribution in [2.45, 2.75) is 6.92 Å². The Morgan fingerprint density at radius 3 is 2.37 bits per heavy atom. The number of ketones is 1. The summed E-state index contributed by atoms with van der Waals surface area (Å²) in [6, 6.07) is 9.87. The molecule has 5 nitrogen and oxygen atoms in total. The number of amides is 1. The van der Waals surface area contributed by atoms with Crippen LogP contribution in [0.25, 0.3) is 0 Å². The molecule has 0 aliphatic heterocycles. The van der Waals surface area contributed by atoms with E-state index in [2.05, 4.69) is 5.32 Å². The van der Waals surface area contributed by atoms with E-state index in [-0.39, 0.29) is 24.0 Å². The van der Waals surface area contributed by atoms with Gasteiger partial charge in [0.15, 0.2) is 11.5 Å². The van der Waals surface area contributed by atoms with Gasteiger partial charge in [0, 0.05) is 11.3 Å². The summed E-state index contributed by atoms with van der Waals surface area (Å²) in [5.74, 6) is 0.458. The lowest BCUT2D eigenvalue weighted by Crippen LogP contribution is -2.14. The molecule has 0 bridgehead atoms. The van der Waals surface area contributed by atoms with Crippen molar-refractivity contribution >= 4 is 17.4 Å². The van der Waals surface area contributed by atoms with Crippen molar-refractivity contribution in [3.05, 3.63) is 53.5 Å². The molecule has 1 heterocycles. The molecule has 98 valence electrons. The second kappa shape index (κ2) is 5.49. The van der Waals surface area contributed by atoms with Crippen LogP contribution >= 0.6 is 0 Å². The molecular formula is C14H14N2O3. The lowest BCUT2D eigenvalue weighted by atomic mass is 10.1. The highest BCUT2D eigenvalue weighted by atomic mass is 16.3. The molecule has 0 atom stereocenters. The summed E-state index contributed by atoms with van der Waals surface area (Å²) >= 11 is 0. The van der Waals surface area contributed by atoms with E-state index in [1.54, 1.807) is 43.3 Å². The predicted molar refractivity (Wildman–Crippen MR) is 71.2 cm³/mol. The number of anilines is 1. The Morgan fingerprint density at radius 2 is 1.84 bits per heavy atom. The summed E-state index contributed by atoms with van der Waals surface area (Å²) in [5.41, 5.74) is 6.38. The molecule has 0 aliphatic rings. The molecule has 19 heavy (non-hydrogen) atoms. The van der Waals surface area contributed by atoms with Gasteiger partial charge < -0.3 is 15.5 Å². The fraction of sp³-hybridized carbons (Fsp3) is 0.143. The van der Waals surface area contributed by atoms with Gasteiger partial charge in [0.2, 0.25) is 0 Å². The quantitative estimate of drug-likeness (QED) is 0.821. The maximum absolute atomic E-state index is 11.8. The Balaban J connectivity index is 2.07. The molecule has 0 unspecified atom stereocenters. The number of hydrogen-bond acceptors (Lipinski definition) is 4. The standard InChI is InChI=1S/C14H14N2O3/c1-9-2-7-13(19-9)14(18)16-11-5-3-10(4-6-11)12(17)8-15/h2-7H,8,15H2,1H3,(H,16,18). The van der Waals surface area contributed by atoms with Crippen LogP contribution in [0.1, 0.15) is 26.7 Å². The minimum atomic E-state index is -0.328. The van der Waals surface area contributed by atoms with Crippen molar-refractivity contribution < 1.29 is 14.0 Å². The van der Waals surface area contributed by atoms with Crippen molar-refractivity contribution in [2.24, 2.45) is 5.73 Å².